The largest absolute Gasteiger partial charge is 0.392 e. The molecule has 0 unspecified atom stereocenters. The van der Waals surface area contributed by atoms with Gasteiger partial charge in [-0.3, -0.25) is 0 Å². The van der Waals surface area contributed by atoms with Crippen molar-refractivity contribution in [2.75, 3.05) is 0 Å². The van der Waals surface area contributed by atoms with E-state index in [1.165, 1.54) is 0 Å². The Balaban J connectivity index is 2.77. The van der Waals surface area contributed by atoms with Crippen LogP contribution in [0.4, 0.5) is 0 Å². The number of aliphatic hydroxyl groups is 1. The van der Waals surface area contributed by atoms with Gasteiger partial charge in [0.2, 0.25) is 0 Å². The standard InChI is InChI=1S/C9H18O/c1-8(2)5-6-9(3,4)7(8)10/h7,10H,5-6H2,1-4H3. The second kappa shape index (κ2) is 1.97. The van der Waals surface area contributed by atoms with Crippen molar-refractivity contribution in [2.45, 2.75) is 46.6 Å². The molecule has 10 heavy (non-hydrogen) atoms. The highest BCUT2D eigenvalue weighted by atomic mass is 16.3. The zero-order chi connectivity index (χ0) is 7.99. The van der Waals surface area contributed by atoms with Gasteiger partial charge in [0.25, 0.3) is 0 Å². The third-order valence-corrected chi connectivity index (χ3v) is 2.89. The summed E-state index contributed by atoms with van der Waals surface area (Å²) in [6, 6.07) is 0. The van der Waals surface area contributed by atoms with Crippen LogP contribution in [0.15, 0.2) is 0 Å². The van der Waals surface area contributed by atoms with E-state index in [0.29, 0.717) is 0 Å². The molecule has 1 N–H and O–H groups in total. The van der Waals surface area contributed by atoms with Gasteiger partial charge in [0.05, 0.1) is 6.10 Å². The molecule has 0 aromatic heterocycles. The highest BCUT2D eigenvalue weighted by Crippen LogP contribution is 2.48. The fourth-order valence-corrected chi connectivity index (χ4v) is 1.98. The summed E-state index contributed by atoms with van der Waals surface area (Å²) in [5, 5.41) is 9.78. The number of rotatable bonds is 0. The predicted molar refractivity (Wildman–Crippen MR) is 42.8 cm³/mol. The van der Waals surface area contributed by atoms with E-state index < -0.39 is 0 Å². The zero-order valence-corrected chi connectivity index (χ0v) is 7.44. The summed E-state index contributed by atoms with van der Waals surface area (Å²) < 4.78 is 0. The van der Waals surface area contributed by atoms with Crippen LogP contribution < -0.4 is 0 Å². The van der Waals surface area contributed by atoms with Crippen LogP contribution in [0.1, 0.15) is 40.5 Å². The molecule has 0 aromatic carbocycles. The van der Waals surface area contributed by atoms with E-state index in [4.69, 9.17) is 0 Å². The normalized spacial score (nSPS) is 30.9. The predicted octanol–water partition coefficient (Wildman–Crippen LogP) is 2.19. The molecular formula is C9H18O. The smallest absolute Gasteiger partial charge is 0.0641 e. The van der Waals surface area contributed by atoms with Gasteiger partial charge in [0.15, 0.2) is 0 Å². The van der Waals surface area contributed by atoms with Crippen LogP contribution in [0.5, 0.6) is 0 Å². The van der Waals surface area contributed by atoms with Gasteiger partial charge >= 0.3 is 0 Å². The van der Waals surface area contributed by atoms with Gasteiger partial charge in [-0.15, -0.1) is 0 Å². The summed E-state index contributed by atoms with van der Waals surface area (Å²) in [5.41, 5.74) is 0.285. The zero-order valence-electron chi connectivity index (χ0n) is 7.44. The summed E-state index contributed by atoms with van der Waals surface area (Å²) in [6.45, 7) is 8.58. The summed E-state index contributed by atoms with van der Waals surface area (Å²) in [4.78, 5) is 0. The molecule has 1 aliphatic rings. The average Bonchev–Trinajstić information content (AvgIpc) is 1.95. The lowest BCUT2D eigenvalue weighted by atomic mass is 9.81. The first-order valence-corrected chi connectivity index (χ1v) is 4.04. The van der Waals surface area contributed by atoms with Crippen molar-refractivity contribution in [3.8, 4) is 0 Å². The average molecular weight is 142 g/mol. The quantitative estimate of drug-likeness (QED) is 0.549. The maximum Gasteiger partial charge on any atom is 0.0641 e. The van der Waals surface area contributed by atoms with Crippen molar-refractivity contribution in [2.24, 2.45) is 10.8 Å². The molecule has 1 fully saturated rings. The van der Waals surface area contributed by atoms with Crippen molar-refractivity contribution in [1.82, 2.24) is 0 Å². The first kappa shape index (κ1) is 8.06. The van der Waals surface area contributed by atoms with Gasteiger partial charge in [-0.1, -0.05) is 27.7 Å². The summed E-state index contributed by atoms with van der Waals surface area (Å²) in [5.74, 6) is 0. The number of hydrogen-bond donors (Lipinski definition) is 1. The molecule has 0 saturated heterocycles. The van der Waals surface area contributed by atoms with Crippen LogP contribution in [0.25, 0.3) is 0 Å². The molecule has 0 aromatic rings. The van der Waals surface area contributed by atoms with Crippen LogP contribution in [-0.2, 0) is 0 Å². The minimum absolute atomic E-state index is 0.125. The molecule has 1 aliphatic carbocycles. The van der Waals surface area contributed by atoms with Crippen LogP contribution in [0.2, 0.25) is 0 Å². The molecule has 0 amide bonds. The van der Waals surface area contributed by atoms with Gasteiger partial charge in [0, 0.05) is 0 Å². The molecule has 0 radical (unpaired) electrons. The molecule has 1 saturated carbocycles. The Morgan fingerprint density at radius 3 is 1.40 bits per heavy atom. The second-order valence-corrected chi connectivity index (χ2v) is 4.88. The van der Waals surface area contributed by atoms with E-state index in [9.17, 15) is 5.11 Å². The summed E-state index contributed by atoms with van der Waals surface area (Å²) in [7, 11) is 0. The highest BCUT2D eigenvalue weighted by molar-refractivity contribution is 4.96. The van der Waals surface area contributed by atoms with E-state index in [1.54, 1.807) is 0 Å². The van der Waals surface area contributed by atoms with Crippen LogP contribution in [0.3, 0.4) is 0 Å². The number of hydrogen-bond acceptors (Lipinski definition) is 1. The van der Waals surface area contributed by atoms with Crippen molar-refractivity contribution in [1.29, 1.82) is 0 Å². The van der Waals surface area contributed by atoms with E-state index in [-0.39, 0.29) is 16.9 Å². The van der Waals surface area contributed by atoms with E-state index in [2.05, 4.69) is 27.7 Å². The van der Waals surface area contributed by atoms with E-state index in [0.717, 1.165) is 12.8 Å². The van der Waals surface area contributed by atoms with Crippen molar-refractivity contribution >= 4 is 0 Å². The minimum atomic E-state index is -0.125. The Hall–Kier alpha value is -0.0400. The lowest BCUT2D eigenvalue weighted by Gasteiger charge is -2.30. The molecule has 0 heterocycles. The fourth-order valence-electron chi connectivity index (χ4n) is 1.98. The van der Waals surface area contributed by atoms with Crippen LogP contribution in [0, 0.1) is 10.8 Å². The Labute approximate surface area is 63.4 Å². The maximum atomic E-state index is 9.78. The summed E-state index contributed by atoms with van der Waals surface area (Å²) in [6.07, 6.45) is 2.18. The Morgan fingerprint density at radius 1 is 1.00 bits per heavy atom. The Bertz CT molecular complexity index is 120. The SMILES string of the molecule is CC1(C)CCC(C)(C)C1O. The molecular weight excluding hydrogens is 124 g/mol. The first-order chi connectivity index (χ1) is 4.36. The molecule has 1 nitrogen and oxygen atoms in total. The lowest BCUT2D eigenvalue weighted by molar-refractivity contribution is 0.00931. The molecule has 1 heteroatoms. The van der Waals surface area contributed by atoms with Crippen LogP contribution in [-0.4, -0.2) is 11.2 Å². The van der Waals surface area contributed by atoms with Gasteiger partial charge in [-0.05, 0) is 23.7 Å². The Morgan fingerprint density at radius 2 is 1.30 bits per heavy atom. The van der Waals surface area contributed by atoms with Crippen molar-refractivity contribution in [3.63, 3.8) is 0 Å². The highest BCUT2D eigenvalue weighted by Gasteiger charge is 2.45. The third kappa shape index (κ3) is 1.07. The van der Waals surface area contributed by atoms with Gasteiger partial charge in [-0.2, -0.15) is 0 Å². The van der Waals surface area contributed by atoms with E-state index >= 15 is 0 Å². The monoisotopic (exact) mass is 142 g/mol. The second-order valence-electron chi connectivity index (χ2n) is 4.88. The molecule has 0 aliphatic heterocycles. The lowest BCUT2D eigenvalue weighted by Crippen LogP contribution is -2.32. The van der Waals surface area contributed by atoms with Gasteiger partial charge in [-0.25, -0.2) is 0 Å². The van der Waals surface area contributed by atoms with Crippen molar-refractivity contribution in [3.05, 3.63) is 0 Å². The fraction of sp³-hybridized carbons (Fsp3) is 1.00. The van der Waals surface area contributed by atoms with E-state index in [1.807, 2.05) is 0 Å². The third-order valence-electron chi connectivity index (χ3n) is 2.89. The molecule has 0 spiro atoms. The minimum Gasteiger partial charge on any atom is -0.392 e. The van der Waals surface area contributed by atoms with Crippen LogP contribution >= 0.6 is 0 Å². The van der Waals surface area contributed by atoms with Gasteiger partial charge < -0.3 is 5.11 Å². The molecule has 0 atom stereocenters. The summed E-state index contributed by atoms with van der Waals surface area (Å²) >= 11 is 0. The Kier molecular flexibility index (Phi) is 1.59. The first-order valence-electron chi connectivity index (χ1n) is 4.04. The molecule has 60 valence electrons. The molecule has 1 rings (SSSR count). The maximum absolute atomic E-state index is 9.78. The van der Waals surface area contributed by atoms with Crippen molar-refractivity contribution < 1.29 is 5.11 Å². The molecule has 0 bridgehead atoms. The van der Waals surface area contributed by atoms with Gasteiger partial charge in [0.1, 0.15) is 0 Å². The number of aliphatic hydroxyl groups excluding tert-OH is 1. The topological polar surface area (TPSA) is 20.2 Å².